The second kappa shape index (κ2) is 8.72. The molecule has 10 heteroatoms. The largest absolute Gasteiger partial charge is 0.416 e. The van der Waals surface area contributed by atoms with Crippen LogP contribution in [0.3, 0.4) is 0 Å². The number of amides is 3. The van der Waals surface area contributed by atoms with Crippen molar-refractivity contribution in [3.05, 3.63) is 76.5 Å². The molecule has 3 atom stereocenters. The zero-order valence-corrected chi connectivity index (χ0v) is 20.2. The molecule has 2 fully saturated rings. The highest BCUT2D eigenvalue weighted by molar-refractivity contribution is 6.08. The number of carbonyl (C=O) groups excluding carboxylic acids is 3. The molecule has 2 aromatic carbocycles. The van der Waals surface area contributed by atoms with Gasteiger partial charge in [0.25, 0.3) is 0 Å². The van der Waals surface area contributed by atoms with E-state index in [1.165, 1.54) is 17.0 Å². The van der Waals surface area contributed by atoms with E-state index >= 15 is 0 Å². The van der Waals surface area contributed by atoms with Crippen molar-refractivity contribution in [1.29, 1.82) is 5.26 Å². The molecular weight excluding hydrogens is 497 g/mol. The quantitative estimate of drug-likeness (QED) is 0.587. The van der Waals surface area contributed by atoms with Gasteiger partial charge in [0.2, 0.25) is 5.91 Å². The number of halogens is 3. The van der Waals surface area contributed by atoms with E-state index in [-0.39, 0.29) is 36.8 Å². The van der Waals surface area contributed by atoms with Crippen LogP contribution in [0.2, 0.25) is 0 Å². The number of alkyl halides is 3. The third kappa shape index (κ3) is 4.02. The lowest BCUT2D eigenvalue weighted by molar-refractivity contribution is -0.137. The minimum atomic E-state index is -4.62. The van der Waals surface area contributed by atoms with Crippen molar-refractivity contribution in [1.82, 2.24) is 9.80 Å². The minimum Gasteiger partial charge on any atom is -0.341 e. The molecule has 1 saturated carbocycles. The molecule has 2 aliphatic carbocycles. The predicted octanol–water partition coefficient (Wildman–Crippen LogP) is 4.66. The maximum atomic E-state index is 14.1. The number of Topliss-reactive ketones (excluding diaryl/α,β-unsaturated/α-hetero) is 1. The van der Waals surface area contributed by atoms with Gasteiger partial charge >= 0.3 is 12.2 Å². The second-order valence-corrected chi connectivity index (χ2v) is 10.3. The zero-order valence-electron chi connectivity index (χ0n) is 20.2. The van der Waals surface area contributed by atoms with Gasteiger partial charge in [0.1, 0.15) is 6.54 Å². The number of piperidine rings is 1. The number of hydrogen-bond donors (Lipinski definition) is 0. The van der Waals surface area contributed by atoms with Crippen molar-refractivity contribution < 1.29 is 27.6 Å². The monoisotopic (exact) mass is 520 g/mol. The first-order valence-electron chi connectivity index (χ1n) is 12.5. The molecule has 2 heterocycles. The number of allylic oxidation sites excluding steroid dienone is 1. The average Bonchev–Trinajstić information content (AvgIpc) is 3.32. The number of rotatable bonds is 4. The Morgan fingerprint density at radius 3 is 2.39 bits per heavy atom. The summed E-state index contributed by atoms with van der Waals surface area (Å²) in [6.45, 7) is 0.928. The van der Waals surface area contributed by atoms with Gasteiger partial charge < -0.3 is 9.80 Å². The summed E-state index contributed by atoms with van der Waals surface area (Å²) in [4.78, 5) is 44.8. The third-order valence-electron chi connectivity index (χ3n) is 7.92. The molecule has 38 heavy (non-hydrogen) atoms. The van der Waals surface area contributed by atoms with E-state index in [1.54, 1.807) is 29.2 Å². The van der Waals surface area contributed by atoms with Crippen LogP contribution in [0.15, 0.2) is 59.8 Å². The summed E-state index contributed by atoms with van der Waals surface area (Å²) in [5, 5.41) is 9.22. The van der Waals surface area contributed by atoms with Crippen LogP contribution in [0.5, 0.6) is 0 Å². The Balaban J connectivity index is 1.45. The lowest BCUT2D eigenvalue weighted by atomic mass is 9.92. The fourth-order valence-corrected chi connectivity index (χ4v) is 5.90. The van der Waals surface area contributed by atoms with Crippen LogP contribution in [0, 0.1) is 23.2 Å². The molecule has 1 saturated heterocycles. The Hall–Kier alpha value is -4.13. The van der Waals surface area contributed by atoms with Gasteiger partial charge in [0.05, 0.1) is 28.9 Å². The lowest BCUT2D eigenvalue weighted by Gasteiger charge is -2.42. The third-order valence-corrected chi connectivity index (χ3v) is 7.92. The molecule has 194 valence electrons. The first-order chi connectivity index (χ1) is 18.2. The minimum absolute atomic E-state index is 0.00910. The highest BCUT2D eigenvalue weighted by Crippen LogP contribution is 2.47. The molecule has 0 aromatic heterocycles. The van der Waals surface area contributed by atoms with Gasteiger partial charge in [-0.25, -0.2) is 4.79 Å². The van der Waals surface area contributed by atoms with Crippen LogP contribution >= 0.6 is 0 Å². The lowest BCUT2D eigenvalue weighted by Crippen LogP contribution is -2.53. The van der Waals surface area contributed by atoms with Gasteiger partial charge in [0.15, 0.2) is 5.78 Å². The van der Waals surface area contributed by atoms with Gasteiger partial charge in [-0.2, -0.15) is 18.4 Å². The fraction of sp³-hybridized carbons (Fsp3) is 0.357. The summed E-state index contributed by atoms with van der Waals surface area (Å²) in [5.74, 6) is 0.483. The van der Waals surface area contributed by atoms with Crippen molar-refractivity contribution >= 4 is 23.4 Å². The number of ketones is 1. The highest BCUT2D eigenvalue weighted by atomic mass is 19.4. The Morgan fingerprint density at radius 1 is 1.03 bits per heavy atom. The molecule has 7 nitrogen and oxygen atoms in total. The van der Waals surface area contributed by atoms with Crippen LogP contribution in [0.4, 0.5) is 23.7 Å². The molecule has 0 bridgehead atoms. The normalized spacial score (nSPS) is 24.5. The molecule has 2 aromatic rings. The molecular formula is C28H23F3N4O3. The van der Waals surface area contributed by atoms with E-state index < -0.39 is 23.8 Å². The number of benzene rings is 2. The number of fused-ring (bicyclic) bond motifs is 1. The first kappa shape index (κ1) is 24.2. The van der Waals surface area contributed by atoms with Crippen molar-refractivity contribution in [3.8, 4) is 6.07 Å². The van der Waals surface area contributed by atoms with Gasteiger partial charge in [-0.1, -0.05) is 18.2 Å². The number of carbonyl (C=O) groups is 3. The van der Waals surface area contributed by atoms with Gasteiger partial charge in [-0.05, 0) is 60.6 Å². The number of anilines is 1. The van der Waals surface area contributed by atoms with E-state index in [9.17, 15) is 32.8 Å². The summed E-state index contributed by atoms with van der Waals surface area (Å²) in [6, 6.07) is 11.4. The van der Waals surface area contributed by atoms with E-state index in [2.05, 4.69) is 0 Å². The van der Waals surface area contributed by atoms with Crippen LogP contribution in [0.1, 0.15) is 42.0 Å². The predicted molar refractivity (Wildman–Crippen MR) is 129 cm³/mol. The maximum Gasteiger partial charge on any atom is 0.416 e. The van der Waals surface area contributed by atoms with Crippen LogP contribution in [-0.2, 0) is 15.8 Å². The van der Waals surface area contributed by atoms with Crippen molar-refractivity contribution in [2.45, 2.75) is 31.5 Å². The molecule has 6 rings (SSSR count). The number of likely N-dealkylation sites (tertiary alicyclic amines) is 1. The van der Waals surface area contributed by atoms with Gasteiger partial charge in [-0.3, -0.25) is 14.5 Å². The standard InChI is InChI=1S/C28H23F3N4O3/c29-28(30,31)20-2-1-3-21(11-20)35-22-8-9-23(36)25(22)26(17-6-4-16(12-32)5-7-17)34(27(35)38)15-24(37)33-13-18-10-19(18)14-33/h1-7,11,18-19,26H,8-10,13-15H2. The highest BCUT2D eigenvalue weighted by Gasteiger charge is 2.49. The van der Waals surface area contributed by atoms with E-state index in [4.69, 9.17) is 0 Å². The zero-order chi connectivity index (χ0) is 26.8. The number of nitrogens with zero attached hydrogens (tertiary/aromatic N) is 4. The fourth-order valence-electron chi connectivity index (χ4n) is 5.90. The summed E-state index contributed by atoms with van der Waals surface area (Å²) < 4.78 is 40.5. The van der Waals surface area contributed by atoms with Crippen LogP contribution in [-0.4, -0.2) is 47.2 Å². The number of nitriles is 1. The summed E-state index contributed by atoms with van der Waals surface area (Å²) in [7, 11) is 0. The summed E-state index contributed by atoms with van der Waals surface area (Å²) in [6.07, 6.45) is -3.22. The van der Waals surface area contributed by atoms with E-state index in [1.807, 2.05) is 6.07 Å². The van der Waals surface area contributed by atoms with Crippen molar-refractivity contribution in [2.24, 2.45) is 11.8 Å². The Morgan fingerprint density at radius 2 is 1.74 bits per heavy atom. The smallest absolute Gasteiger partial charge is 0.341 e. The van der Waals surface area contributed by atoms with Crippen LogP contribution < -0.4 is 4.90 Å². The van der Waals surface area contributed by atoms with Gasteiger partial charge in [0, 0.05) is 30.8 Å². The molecule has 0 radical (unpaired) electrons. The molecule has 2 aliphatic heterocycles. The second-order valence-electron chi connectivity index (χ2n) is 10.3. The summed E-state index contributed by atoms with van der Waals surface area (Å²) in [5.41, 5.74) is 0.671. The van der Waals surface area contributed by atoms with Crippen LogP contribution in [0.25, 0.3) is 0 Å². The molecule has 3 unspecified atom stereocenters. The molecule has 0 N–H and O–H groups in total. The SMILES string of the molecule is N#Cc1ccc(C2C3=C(CCC3=O)N(c3cccc(C(F)(F)F)c3)C(=O)N2CC(=O)N2CC3CC3C2)cc1. The molecule has 0 spiro atoms. The Kier molecular flexibility index (Phi) is 5.56. The Bertz CT molecular complexity index is 1420. The number of hydrogen-bond acceptors (Lipinski definition) is 4. The van der Waals surface area contributed by atoms with E-state index in [0.717, 1.165) is 23.5 Å². The maximum absolute atomic E-state index is 14.1. The molecule has 4 aliphatic rings. The van der Waals surface area contributed by atoms with Gasteiger partial charge in [-0.15, -0.1) is 0 Å². The van der Waals surface area contributed by atoms with Crippen molar-refractivity contribution in [2.75, 3.05) is 24.5 Å². The molecule has 3 amide bonds. The summed E-state index contributed by atoms with van der Waals surface area (Å²) >= 11 is 0. The first-order valence-corrected chi connectivity index (χ1v) is 12.5. The average molecular weight is 521 g/mol. The Labute approximate surface area is 216 Å². The van der Waals surface area contributed by atoms with E-state index in [0.29, 0.717) is 47.3 Å². The van der Waals surface area contributed by atoms with Crippen molar-refractivity contribution in [3.63, 3.8) is 0 Å². The topological polar surface area (TPSA) is 84.7 Å². The number of urea groups is 1.